The van der Waals surface area contributed by atoms with Crippen molar-refractivity contribution in [2.75, 3.05) is 5.32 Å². The van der Waals surface area contributed by atoms with Crippen LogP contribution in [0.4, 0.5) is 18.9 Å². The molecule has 1 heterocycles. The Bertz CT molecular complexity index is 921. The fourth-order valence-electron chi connectivity index (χ4n) is 2.21. The van der Waals surface area contributed by atoms with E-state index in [-0.39, 0.29) is 10.7 Å². The largest absolute Gasteiger partial charge is 0.416 e. The number of amides is 1. The van der Waals surface area contributed by atoms with E-state index in [4.69, 9.17) is 11.6 Å². The molecule has 1 amide bonds. The van der Waals surface area contributed by atoms with Crippen molar-refractivity contribution in [2.24, 2.45) is 0 Å². The third kappa shape index (κ3) is 5.00. The van der Waals surface area contributed by atoms with Gasteiger partial charge in [0.15, 0.2) is 4.34 Å². The van der Waals surface area contributed by atoms with Crippen LogP contribution in [0.15, 0.2) is 58.4 Å². The molecule has 0 spiro atoms. The number of carbonyl (C=O) groups excluding carboxylic acids is 1. The average molecular weight is 430 g/mol. The zero-order valence-corrected chi connectivity index (χ0v) is 15.8. The number of halogens is 4. The Morgan fingerprint density at radius 1 is 1.19 bits per heavy atom. The normalized spacial score (nSPS) is 12.6. The van der Waals surface area contributed by atoms with E-state index in [1.807, 2.05) is 0 Å². The summed E-state index contributed by atoms with van der Waals surface area (Å²) in [5.74, 6) is -0.511. The van der Waals surface area contributed by atoms with Gasteiger partial charge in [-0.25, -0.2) is 0 Å². The summed E-state index contributed by atoms with van der Waals surface area (Å²) in [4.78, 5) is 12.8. The molecule has 0 saturated carbocycles. The van der Waals surface area contributed by atoms with Gasteiger partial charge in [-0.3, -0.25) is 4.79 Å². The van der Waals surface area contributed by atoms with Crippen LogP contribution in [0.5, 0.6) is 0 Å². The highest BCUT2D eigenvalue weighted by Crippen LogP contribution is 2.38. The van der Waals surface area contributed by atoms with Crippen LogP contribution in [0.1, 0.15) is 16.4 Å². The summed E-state index contributed by atoms with van der Waals surface area (Å²) in [6.07, 6.45) is -4.54. The molecule has 4 nitrogen and oxygen atoms in total. The number of carbonyl (C=O) groups is 1. The van der Waals surface area contributed by atoms with E-state index in [0.29, 0.717) is 9.90 Å². The molecule has 0 aliphatic heterocycles. The zero-order chi connectivity index (χ0) is 19.4. The Labute approximate surface area is 165 Å². The predicted octanol–water partition coefficient (Wildman–Crippen LogP) is 5.68. The number of alkyl halides is 3. The summed E-state index contributed by atoms with van der Waals surface area (Å²) in [5.41, 5.74) is 1.22. The third-order valence-corrected chi connectivity index (χ3v) is 5.85. The van der Waals surface area contributed by atoms with E-state index in [0.717, 1.165) is 30.0 Å². The molecule has 0 saturated heterocycles. The molecule has 0 bridgehead atoms. The standard InChI is InChI=1S/C17H11ClF3N3OS2/c18-12-7-6-11(17(19,20)21)8-13(12)23-15(25)14(10-4-2-1-3-5-10)27-16-24-22-9-26-16/h1-9,14H,(H,23,25)/t14-/m1/s1. The van der Waals surface area contributed by atoms with Crippen LogP contribution >= 0.6 is 34.7 Å². The van der Waals surface area contributed by atoms with Crippen molar-refractivity contribution in [3.63, 3.8) is 0 Å². The molecule has 0 radical (unpaired) electrons. The predicted molar refractivity (Wildman–Crippen MR) is 100 cm³/mol. The van der Waals surface area contributed by atoms with Crippen LogP contribution in [-0.2, 0) is 11.0 Å². The first-order valence-electron chi connectivity index (χ1n) is 7.50. The number of anilines is 1. The van der Waals surface area contributed by atoms with E-state index in [1.165, 1.54) is 16.8 Å². The highest BCUT2D eigenvalue weighted by Gasteiger charge is 2.31. The average Bonchev–Trinajstić information content (AvgIpc) is 3.14. The molecule has 0 unspecified atom stereocenters. The van der Waals surface area contributed by atoms with Crippen molar-refractivity contribution < 1.29 is 18.0 Å². The van der Waals surface area contributed by atoms with Gasteiger partial charge in [0.25, 0.3) is 0 Å². The van der Waals surface area contributed by atoms with Gasteiger partial charge in [-0.15, -0.1) is 10.2 Å². The minimum absolute atomic E-state index is 0.0177. The van der Waals surface area contributed by atoms with E-state index in [9.17, 15) is 18.0 Å². The van der Waals surface area contributed by atoms with Crippen molar-refractivity contribution >= 4 is 46.3 Å². The fourth-order valence-corrected chi connectivity index (χ4v) is 4.05. The van der Waals surface area contributed by atoms with Crippen LogP contribution in [-0.4, -0.2) is 16.1 Å². The minimum Gasteiger partial charge on any atom is -0.323 e. The number of aromatic nitrogens is 2. The second-order valence-electron chi connectivity index (χ2n) is 5.29. The highest BCUT2D eigenvalue weighted by atomic mass is 35.5. The maximum absolute atomic E-state index is 12.9. The molecule has 1 aromatic heterocycles. The van der Waals surface area contributed by atoms with Gasteiger partial charge in [-0.2, -0.15) is 13.2 Å². The van der Waals surface area contributed by atoms with Gasteiger partial charge in [0.05, 0.1) is 16.3 Å². The van der Waals surface area contributed by atoms with E-state index in [2.05, 4.69) is 15.5 Å². The summed E-state index contributed by atoms with van der Waals surface area (Å²) in [6, 6.07) is 11.6. The van der Waals surface area contributed by atoms with Crippen LogP contribution < -0.4 is 5.32 Å². The van der Waals surface area contributed by atoms with E-state index >= 15 is 0 Å². The fraction of sp³-hybridized carbons (Fsp3) is 0.118. The van der Waals surface area contributed by atoms with Gasteiger partial charge >= 0.3 is 6.18 Å². The number of benzene rings is 2. The lowest BCUT2D eigenvalue weighted by Gasteiger charge is -2.17. The third-order valence-electron chi connectivity index (χ3n) is 3.45. The maximum Gasteiger partial charge on any atom is 0.416 e. The first-order chi connectivity index (χ1) is 12.8. The van der Waals surface area contributed by atoms with Gasteiger partial charge in [0.1, 0.15) is 10.8 Å². The molecule has 1 N–H and O–H groups in total. The Balaban J connectivity index is 1.89. The number of rotatable bonds is 5. The maximum atomic E-state index is 12.9. The van der Waals surface area contributed by atoms with E-state index < -0.39 is 22.9 Å². The summed E-state index contributed by atoms with van der Waals surface area (Å²) >= 11 is 8.40. The van der Waals surface area contributed by atoms with Crippen molar-refractivity contribution in [2.45, 2.75) is 15.8 Å². The number of nitrogens with zero attached hydrogens (tertiary/aromatic N) is 2. The lowest BCUT2D eigenvalue weighted by Crippen LogP contribution is -2.19. The monoisotopic (exact) mass is 429 g/mol. The van der Waals surface area contributed by atoms with Gasteiger partial charge < -0.3 is 5.32 Å². The van der Waals surface area contributed by atoms with Gasteiger partial charge in [0.2, 0.25) is 5.91 Å². The van der Waals surface area contributed by atoms with Crippen LogP contribution in [0, 0.1) is 0 Å². The molecule has 0 aliphatic rings. The number of hydrogen-bond donors (Lipinski definition) is 1. The van der Waals surface area contributed by atoms with E-state index in [1.54, 1.807) is 30.3 Å². The van der Waals surface area contributed by atoms with Gasteiger partial charge in [0, 0.05) is 0 Å². The van der Waals surface area contributed by atoms with Gasteiger partial charge in [-0.05, 0) is 23.8 Å². The Morgan fingerprint density at radius 2 is 1.93 bits per heavy atom. The molecule has 0 fully saturated rings. The second-order valence-corrected chi connectivity index (χ2v) is 7.89. The lowest BCUT2D eigenvalue weighted by molar-refractivity contribution is -0.137. The first kappa shape index (κ1) is 19.7. The van der Waals surface area contributed by atoms with Crippen molar-refractivity contribution in [3.8, 4) is 0 Å². The quantitative estimate of drug-likeness (QED) is 0.530. The summed E-state index contributed by atoms with van der Waals surface area (Å²) < 4.78 is 39.4. The molecule has 1 atom stereocenters. The first-order valence-corrected chi connectivity index (χ1v) is 9.63. The topological polar surface area (TPSA) is 54.9 Å². The van der Waals surface area contributed by atoms with Crippen molar-refractivity contribution in [3.05, 3.63) is 70.2 Å². The molecule has 3 rings (SSSR count). The lowest BCUT2D eigenvalue weighted by atomic mass is 10.1. The Morgan fingerprint density at radius 3 is 2.56 bits per heavy atom. The Hall–Kier alpha value is -2.10. The molecular weight excluding hydrogens is 419 g/mol. The second kappa shape index (κ2) is 8.28. The summed E-state index contributed by atoms with van der Waals surface area (Å²) in [5, 5.41) is 9.43. The van der Waals surface area contributed by atoms with Crippen LogP contribution in [0.2, 0.25) is 5.02 Å². The number of thioether (sulfide) groups is 1. The molecular formula is C17H11ClF3N3OS2. The van der Waals surface area contributed by atoms with Crippen LogP contribution in [0.25, 0.3) is 0 Å². The van der Waals surface area contributed by atoms with Gasteiger partial charge in [-0.1, -0.05) is 65.0 Å². The Kier molecular flexibility index (Phi) is 6.03. The molecule has 10 heteroatoms. The van der Waals surface area contributed by atoms with Crippen LogP contribution in [0.3, 0.4) is 0 Å². The minimum atomic E-state index is -4.54. The molecule has 2 aromatic carbocycles. The molecule has 140 valence electrons. The number of hydrogen-bond acceptors (Lipinski definition) is 5. The molecule has 27 heavy (non-hydrogen) atoms. The highest BCUT2D eigenvalue weighted by molar-refractivity contribution is 8.01. The summed E-state index contributed by atoms with van der Waals surface area (Å²) in [7, 11) is 0. The van der Waals surface area contributed by atoms with Crippen molar-refractivity contribution in [1.29, 1.82) is 0 Å². The smallest absolute Gasteiger partial charge is 0.323 e. The number of nitrogens with one attached hydrogen (secondary N) is 1. The molecule has 3 aromatic rings. The van der Waals surface area contributed by atoms with Crippen molar-refractivity contribution in [1.82, 2.24) is 10.2 Å². The summed E-state index contributed by atoms with van der Waals surface area (Å²) in [6.45, 7) is 0. The zero-order valence-electron chi connectivity index (χ0n) is 13.4. The molecule has 0 aliphatic carbocycles. The SMILES string of the molecule is O=C(Nc1cc(C(F)(F)F)ccc1Cl)[C@H](Sc1nncs1)c1ccccc1.